The molecule has 3 aromatic rings. The van der Waals surface area contributed by atoms with Gasteiger partial charge in [0.15, 0.2) is 0 Å². The number of carbonyl (C=O) groups excluding carboxylic acids is 3. The lowest BCUT2D eigenvalue weighted by Crippen LogP contribution is -2.54. The van der Waals surface area contributed by atoms with Crippen molar-refractivity contribution in [3.05, 3.63) is 99.6 Å². The van der Waals surface area contributed by atoms with Gasteiger partial charge in [-0.3, -0.25) is 14.9 Å². The van der Waals surface area contributed by atoms with Crippen LogP contribution in [0.3, 0.4) is 0 Å². The van der Waals surface area contributed by atoms with Crippen molar-refractivity contribution in [1.82, 2.24) is 5.32 Å². The predicted molar refractivity (Wildman–Crippen MR) is 132 cm³/mol. The number of rotatable bonds is 6. The van der Waals surface area contributed by atoms with E-state index >= 15 is 0 Å². The second kappa shape index (κ2) is 9.93. The maximum absolute atomic E-state index is 13.1. The zero-order chi connectivity index (χ0) is 24.2. The van der Waals surface area contributed by atoms with Gasteiger partial charge in [-0.1, -0.05) is 66.6 Å². The van der Waals surface area contributed by atoms with Crippen molar-refractivity contribution in [1.29, 1.82) is 0 Å². The topological polar surface area (TPSA) is 75.7 Å². The average molecular weight is 475 g/mol. The minimum atomic E-state index is -0.783. The minimum absolute atomic E-state index is 0.163. The van der Waals surface area contributed by atoms with Crippen LogP contribution in [-0.4, -0.2) is 17.8 Å². The highest BCUT2D eigenvalue weighted by atomic mass is 35.5. The molecule has 34 heavy (non-hydrogen) atoms. The second-order valence-corrected chi connectivity index (χ2v) is 8.35. The Bertz CT molecular complexity index is 1300. The molecule has 4 amide bonds. The summed E-state index contributed by atoms with van der Waals surface area (Å²) in [5.74, 6) is -0.973. The summed E-state index contributed by atoms with van der Waals surface area (Å²) in [6, 6.07) is 19.2. The molecule has 0 aliphatic carbocycles. The Kier molecular flexibility index (Phi) is 6.80. The van der Waals surface area contributed by atoms with E-state index in [1.165, 1.54) is 6.08 Å². The van der Waals surface area contributed by atoms with Gasteiger partial charge >= 0.3 is 6.03 Å². The Morgan fingerprint density at radius 2 is 1.74 bits per heavy atom. The Balaban J connectivity index is 1.55. The third kappa shape index (κ3) is 5.02. The van der Waals surface area contributed by atoms with E-state index in [1.54, 1.807) is 30.3 Å². The highest BCUT2D eigenvalue weighted by Crippen LogP contribution is 2.28. The van der Waals surface area contributed by atoms with Crippen molar-refractivity contribution in [3.8, 4) is 5.75 Å². The summed E-state index contributed by atoms with van der Waals surface area (Å²) in [5.41, 5.74) is 3.98. The number of hydrogen-bond acceptors (Lipinski definition) is 4. The molecule has 3 aromatic carbocycles. The zero-order valence-corrected chi connectivity index (χ0v) is 19.6. The van der Waals surface area contributed by atoms with E-state index in [1.807, 2.05) is 50.2 Å². The number of nitrogens with one attached hydrogen (secondary N) is 1. The number of halogens is 1. The molecule has 1 heterocycles. The van der Waals surface area contributed by atoms with Crippen molar-refractivity contribution in [3.63, 3.8) is 0 Å². The number of amides is 4. The van der Waals surface area contributed by atoms with Crippen LogP contribution in [0.5, 0.6) is 5.75 Å². The molecule has 6 nitrogen and oxygen atoms in total. The molecule has 0 atom stereocenters. The van der Waals surface area contributed by atoms with E-state index in [0.29, 0.717) is 28.6 Å². The quantitative estimate of drug-likeness (QED) is 0.380. The van der Waals surface area contributed by atoms with E-state index in [-0.39, 0.29) is 5.57 Å². The molecule has 1 saturated heterocycles. The molecular formula is C27H23ClN2O4. The summed E-state index contributed by atoms with van der Waals surface area (Å²) in [4.78, 5) is 38.8. The third-order valence-corrected chi connectivity index (χ3v) is 5.74. The molecule has 0 saturated carbocycles. The number of ether oxygens (including phenoxy) is 1. The average Bonchev–Trinajstić information content (AvgIpc) is 2.81. The van der Waals surface area contributed by atoms with Gasteiger partial charge in [-0.15, -0.1) is 0 Å². The molecule has 0 unspecified atom stereocenters. The number of carbonyl (C=O) groups is 3. The van der Waals surface area contributed by atoms with Gasteiger partial charge in [-0.25, -0.2) is 9.69 Å². The Morgan fingerprint density at radius 1 is 0.971 bits per heavy atom. The van der Waals surface area contributed by atoms with Crippen LogP contribution in [0.2, 0.25) is 5.02 Å². The molecule has 0 aromatic heterocycles. The fourth-order valence-electron chi connectivity index (χ4n) is 3.63. The van der Waals surface area contributed by atoms with Crippen LogP contribution in [0.25, 0.3) is 6.08 Å². The SMILES string of the molecule is CCc1ccc(N2C(=O)NC(=O)/C(=C\c3ccc(OCc4cccc(C)c4)c(Cl)c3)C2=O)cc1. The van der Waals surface area contributed by atoms with Crippen molar-refractivity contribution >= 4 is 41.2 Å². The maximum atomic E-state index is 13.1. The summed E-state index contributed by atoms with van der Waals surface area (Å²) in [6.07, 6.45) is 2.24. The number of imide groups is 2. The number of nitrogens with zero attached hydrogens (tertiary/aromatic N) is 1. The molecule has 4 rings (SSSR count). The third-order valence-electron chi connectivity index (χ3n) is 5.45. The molecule has 0 radical (unpaired) electrons. The lowest BCUT2D eigenvalue weighted by Gasteiger charge is -2.26. The van der Waals surface area contributed by atoms with Gasteiger partial charge in [-0.05, 0) is 60.4 Å². The van der Waals surface area contributed by atoms with Crippen molar-refractivity contribution in [2.45, 2.75) is 26.9 Å². The van der Waals surface area contributed by atoms with Crippen LogP contribution in [-0.2, 0) is 22.6 Å². The number of hydrogen-bond donors (Lipinski definition) is 1. The lowest BCUT2D eigenvalue weighted by molar-refractivity contribution is -0.122. The molecule has 0 spiro atoms. The van der Waals surface area contributed by atoms with Crippen LogP contribution in [0.15, 0.2) is 72.3 Å². The first-order valence-corrected chi connectivity index (χ1v) is 11.2. The summed E-state index contributed by atoms with van der Waals surface area (Å²) in [7, 11) is 0. The van der Waals surface area contributed by atoms with Gasteiger partial charge in [0, 0.05) is 0 Å². The largest absolute Gasteiger partial charge is 0.487 e. The number of urea groups is 1. The minimum Gasteiger partial charge on any atom is -0.487 e. The van der Waals surface area contributed by atoms with Crippen molar-refractivity contribution in [2.24, 2.45) is 0 Å². The fourth-order valence-corrected chi connectivity index (χ4v) is 3.87. The molecule has 1 fully saturated rings. The van der Waals surface area contributed by atoms with Crippen LogP contribution >= 0.6 is 11.6 Å². The van der Waals surface area contributed by atoms with E-state index < -0.39 is 17.8 Å². The van der Waals surface area contributed by atoms with Crippen LogP contribution in [0.4, 0.5) is 10.5 Å². The molecule has 172 valence electrons. The lowest BCUT2D eigenvalue weighted by atomic mass is 10.1. The molecular weight excluding hydrogens is 452 g/mol. The number of aryl methyl sites for hydroxylation is 2. The van der Waals surface area contributed by atoms with E-state index in [9.17, 15) is 14.4 Å². The standard InChI is InChI=1S/C27H23ClN2O4/c1-3-18-7-10-21(11-8-18)30-26(32)22(25(31)29-27(30)33)14-19-9-12-24(23(28)15-19)34-16-20-6-4-5-17(2)13-20/h4-15H,3,16H2,1-2H3,(H,29,31,33)/b22-14+. The highest BCUT2D eigenvalue weighted by molar-refractivity contribution is 6.39. The first kappa shape index (κ1) is 23.3. The maximum Gasteiger partial charge on any atom is 0.335 e. The van der Waals surface area contributed by atoms with Crippen LogP contribution in [0, 0.1) is 6.92 Å². The van der Waals surface area contributed by atoms with Crippen molar-refractivity contribution < 1.29 is 19.1 Å². The zero-order valence-electron chi connectivity index (χ0n) is 18.8. The summed E-state index contributed by atoms with van der Waals surface area (Å²) >= 11 is 6.39. The molecule has 1 N–H and O–H groups in total. The summed E-state index contributed by atoms with van der Waals surface area (Å²) in [5, 5.41) is 2.57. The first-order chi connectivity index (χ1) is 16.4. The molecule has 1 aliphatic rings. The smallest absolute Gasteiger partial charge is 0.335 e. The Morgan fingerprint density at radius 3 is 2.41 bits per heavy atom. The van der Waals surface area contributed by atoms with Gasteiger partial charge in [0.25, 0.3) is 11.8 Å². The number of barbiturate groups is 1. The summed E-state index contributed by atoms with van der Waals surface area (Å²) < 4.78 is 5.82. The van der Waals surface area contributed by atoms with E-state index in [2.05, 4.69) is 5.32 Å². The molecule has 1 aliphatic heterocycles. The van der Waals surface area contributed by atoms with Gasteiger partial charge in [0.05, 0.1) is 10.7 Å². The predicted octanol–water partition coefficient (Wildman–Crippen LogP) is 5.46. The molecule has 0 bridgehead atoms. The summed E-state index contributed by atoms with van der Waals surface area (Å²) in [6.45, 7) is 4.38. The first-order valence-electron chi connectivity index (χ1n) is 10.8. The Labute approximate surface area is 202 Å². The van der Waals surface area contributed by atoms with E-state index in [0.717, 1.165) is 28.0 Å². The molecule has 7 heteroatoms. The Hall–Kier alpha value is -3.90. The van der Waals surface area contributed by atoms with Gasteiger partial charge < -0.3 is 4.74 Å². The van der Waals surface area contributed by atoms with Crippen molar-refractivity contribution in [2.75, 3.05) is 4.90 Å². The van der Waals surface area contributed by atoms with Gasteiger partial charge in [0.1, 0.15) is 17.9 Å². The monoisotopic (exact) mass is 474 g/mol. The highest BCUT2D eigenvalue weighted by Gasteiger charge is 2.36. The van der Waals surface area contributed by atoms with Gasteiger partial charge in [-0.2, -0.15) is 0 Å². The normalized spacial score (nSPS) is 15.0. The number of benzene rings is 3. The second-order valence-electron chi connectivity index (χ2n) is 7.95. The number of anilines is 1. The van der Waals surface area contributed by atoms with Crippen LogP contribution in [0.1, 0.15) is 29.2 Å². The van der Waals surface area contributed by atoms with Gasteiger partial charge in [0.2, 0.25) is 0 Å². The fraction of sp³-hybridized carbons (Fsp3) is 0.148. The van der Waals surface area contributed by atoms with E-state index in [4.69, 9.17) is 16.3 Å². The van der Waals surface area contributed by atoms with Crippen LogP contribution < -0.4 is 15.0 Å².